The van der Waals surface area contributed by atoms with Crippen molar-refractivity contribution in [2.75, 3.05) is 20.2 Å². The fourth-order valence-electron chi connectivity index (χ4n) is 2.40. The quantitative estimate of drug-likeness (QED) is 0.838. The Morgan fingerprint density at radius 1 is 1.18 bits per heavy atom. The van der Waals surface area contributed by atoms with E-state index in [2.05, 4.69) is 4.74 Å². The second kappa shape index (κ2) is 6.93. The van der Waals surface area contributed by atoms with Crippen LogP contribution in [0.3, 0.4) is 0 Å². The van der Waals surface area contributed by atoms with E-state index in [1.807, 2.05) is 30.3 Å². The van der Waals surface area contributed by atoms with Crippen molar-refractivity contribution in [3.63, 3.8) is 0 Å². The first-order chi connectivity index (χ1) is 10.5. The van der Waals surface area contributed by atoms with Crippen molar-refractivity contribution in [2.45, 2.75) is 6.61 Å². The fraction of sp³-hybridized carbons (Fsp3) is 0.400. The maximum absolute atomic E-state index is 12.0. The molecule has 2 atom stereocenters. The highest BCUT2D eigenvalue weighted by Gasteiger charge is 2.44. The van der Waals surface area contributed by atoms with Gasteiger partial charge in [-0.3, -0.25) is 9.59 Å². The zero-order chi connectivity index (χ0) is 16.1. The van der Waals surface area contributed by atoms with Gasteiger partial charge in [0.05, 0.1) is 18.9 Å². The van der Waals surface area contributed by atoms with Crippen LogP contribution in [0, 0.1) is 11.8 Å². The normalized spacial score (nSPS) is 20.5. The number of hydrogen-bond donors (Lipinski definition) is 1. The van der Waals surface area contributed by atoms with Crippen LogP contribution in [0.2, 0.25) is 0 Å². The van der Waals surface area contributed by atoms with Crippen LogP contribution in [0.15, 0.2) is 30.3 Å². The predicted molar refractivity (Wildman–Crippen MR) is 74.8 cm³/mol. The van der Waals surface area contributed by atoms with Gasteiger partial charge in [0.1, 0.15) is 6.61 Å². The van der Waals surface area contributed by atoms with Gasteiger partial charge in [0.15, 0.2) is 0 Å². The van der Waals surface area contributed by atoms with E-state index >= 15 is 0 Å². The molecular formula is C15H17NO6. The molecule has 1 fully saturated rings. The number of likely N-dealkylation sites (tertiary alicyclic amines) is 1. The molecule has 0 bridgehead atoms. The van der Waals surface area contributed by atoms with E-state index in [0.717, 1.165) is 5.56 Å². The van der Waals surface area contributed by atoms with Crippen LogP contribution in [-0.2, 0) is 25.7 Å². The molecule has 1 N–H and O–H groups in total. The topological polar surface area (TPSA) is 93.1 Å². The van der Waals surface area contributed by atoms with Gasteiger partial charge in [-0.2, -0.15) is 0 Å². The van der Waals surface area contributed by atoms with E-state index in [9.17, 15) is 14.4 Å². The van der Waals surface area contributed by atoms with Crippen LogP contribution < -0.4 is 0 Å². The van der Waals surface area contributed by atoms with Gasteiger partial charge in [0.25, 0.3) is 0 Å². The van der Waals surface area contributed by atoms with Gasteiger partial charge < -0.3 is 19.5 Å². The molecule has 1 aromatic rings. The largest absolute Gasteiger partial charge is 0.481 e. The third-order valence-electron chi connectivity index (χ3n) is 3.60. The number of ether oxygens (including phenoxy) is 2. The van der Waals surface area contributed by atoms with Gasteiger partial charge in [0, 0.05) is 13.1 Å². The van der Waals surface area contributed by atoms with Crippen LogP contribution in [-0.4, -0.2) is 48.2 Å². The van der Waals surface area contributed by atoms with Gasteiger partial charge in [0.2, 0.25) is 0 Å². The Bertz CT molecular complexity index is 558. The highest BCUT2D eigenvalue weighted by molar-refractivity contribution is 5.84. The van der Waals surface area contributed by atoms with Crippen LogP contribution in [0.5, 0.6) is 0 Å². The maximum Gasteiger partial charge on any atom is 0.410 e. The molecule has 22 heavy (non-hydrogen) atoms. The van der Waals surface area contributed by atoms with Crippen LogP contribution >= 0.6 is 0 Å². The Kier molecular flexibility index (Phi) is 4.98. The molecule has 1 aromatic carbocycles. The van der Waals surface area contributed by atoms with Crippen molar-refractivity contribution >= 4 is 18.0 Å². The first kappa shape index (κ1) is 15.8. The summed E-state index contributed by atoms with van der Waals surface area (Å²) in [4.78, 5) is 36.0. The van der Waals surface area contributed by atoms with E-state index < -0.39 is 29.9 Å². The molecule has 0 radical (unpaired) electrons. The van der Waals surface area contributed by atoms with Gasteiger partial charge in [-0.1, -0.05) is 30.3 Å². The standard InChI is InChI=1S/C15H17NO6/c1-21-14(19)12-8-16(7-11(12)13(17)18)15(20)22-9-10-5-3-2-4-6-10/h2-6,11-12H,7-9H2,1H3,(H,17,18)/t11-,12-/m1/s1. The van der Waals surface area contributed by atoms with E-state index in [1.165, 1.54) is 12.0 Å². The molecule has 118 valence electrons. The Labute approximate surface area is 127 Å². The molecule has 1 saturated heterocycles. The van der Waals surface area contributed by atoms with Crippen LogP contribution in [0.1, 0.15) is 5.56 Å². The third-order valence-corrected chi connectivity index (χ3v) is 3.60. The summed E-state index contributed by atoms with van der Waals surface area (Å²) < 4.78 is 9.73. The Balaban J connectivity index is 1.96. The fourth-order valence-corrected chi connectivity index (χ4v) is 2.40. The number of amides is 1. The highest BCUT2D eigenvalue weighted by Crippen LogP contribution is 2.25. The Morgan fingerprint density at radius 2 is 1.82 bits per heavy atom. The molecule has 0 spiro atoms. The third kappa shape index (κ3) is 3.55. The minimum Gasteiger partial charge on any atom is -0.481 e. The summed E-state index contributed by atoms with van der Waals surface area (Å²) in [5.41, 5.74) is 0.828. The summed E-state index contributed by atoms with van der Waals surface area (Å²) in [5, 5.41) is 9.15. The molecule has 2 rings (SSSR count). The van der Waals surface area contributed by atoms with Crippen molar-refractivity contribution in [2.24, 2.45) is 11.8 Å². The van der Waals surface area contributed by atoms with Gasteiger partial charge >= 0.3 is 18.0 Å². The van der Waals surface area contributed by atoms with E-state index in [0.29, 0.717) is 0 Å². The van der Waals surface area contributed by atoms with Crippen molar-refractivity contribution in [3.8, 4) is 0 Å². The molecule has 7 heteroatoms. The SMILES string of the molecule is COC(=O)[C@@H]1CN(C(=O)OCc2ccccc2)C[C@H]1C(=O)O. The number of aliphatic carboxylic acids is 1. The number of rotatable bonds is 4. The number of carbonyl (C=O) groups is 3. The smallest absolute Gasteiger partial charge is 0.410 e. The number of hydrogen-bond acceptors (Lipinski definition) is 5. The van der Waals surface area contributed by atoms with E-state index in [-0.39, 0.29) is 19.7 Å². The lowest BCUT2D eigenvalue weighted by atomic mass is 9.97. The lowest BCUT2D eigenvalue weighted by Crippen LogP contribution is -2.30. The summed E-state index contributed by atoms with van der Waals surface area (Å²) >= 11 is 0. The average Bonchev–Trinajstić information content (AvgIpc) is 2.98. The number of nitrogens with zero attached hydrogens (tertiary/aromatic N) is 1. The summed E-state index contributed by atoms with van der Waals surface area (Å²) in [6.07, 6.45) is -0.637. The Morgan fingerprint density at radius 3 is 2.41 bits per heavy atom. The first-order valence-electron chi connectivity index (χ1n) is 6.79. The van der Waals surface area contributed by atoms with Gasteiger partial charge in [-0.15, -0.1) is 0 Å². The zero-order valence-electron chi connectivity index (χ0n) is 12.1. The molecule has 1 heterocycles. The number of methoxy groups -OCH3 is 1. The monoisotopic (exact) mass is 307 g/mol. The number of carbonyl (C=O) groups excluding carboxylic acids is 2. The summed E-state index contributed by atoms with van der Waals surface area (Å²) in [5.74, 6) is -3.61. The second-order valence-electron chi connectivity index (χ2n) is 5.02. The van der Waals surface area contributed by atoms with E-state index in [4.69, 9.17) is 9.84 Å². The molecule has 7 nitrogen and oxygen atoms in total. The molecule has 1 aliphatic rings. The number of esters is 1. The van der Waals surface area contributed by atoms with Crippen molar-refractivity contribution in [3.05, 3.63) is 35.9 Å². The average molecular weight is 307 g/mol. The van der Waals surface area contributed by atoms with Crippen molar-refractivity contribution in [1.29, 1.82) is 0 Å². The highest BCUT2D eigenvalue weighted by atomic mass is 16.6. The number of carboxylic acids is 1. The van der Waals surface area contributed by atoms with Crippen LogP contribution in [0.4, 0.5) is 4.79 Å². The molecule has 1 amide bonds. The lowest BCUT2D eigenvalue weighted by Gasteiger charge is -2.15. The van der Waals surface area contributed by atoms with Gasteiger partial charge in [-0.05, 0) is 5.56 Å². The number of carboxylic acid groups (broad SMARTS) is 1. The summed E-state index contributed by atoms with van der Waals surface area (Å²) in [6, 6.07) is 9.13. The summed E-state index contributed by atoms with van der Waals surface area (Å²) in [7, 11) is 1.19. The molecule has 0 unspecified atom stereocenters. The summed E-state index contributed by atoms with van der Waals surface area (Å²) in [6.45, 7) is 0.0107. The lowest BCUT2D eigenvalue weighted by molar-refractivity contribution is -0.153. The van der Waals surface area contributed by atoms with Gasteiger partial charge in [-0.25, -0.2) is 4.79 Å². The van der Waals surface area contributed by atoms with E-state index in [1.54, 1.807) is 0 Å². The predicted octanol–water partition coefficient (Wildman–Crippen LogP) is 1.13. The second-order valence-corrected chi connectivity index (χ2v) is 5.02. The molecule has 1 aliphatic heterocycles. The molecule has 0 saturated carbocycles. The zero-order valence-corrected chi connectivity index (χ0v) is 12.1. The van der Waals surface area contributed by atoms with Crippen LogP contribution in [0.25, 0.3) is 0 Å². The maximum atomic E-state index is 12.0. The number of benzene rings is 1. The minimum atomic E-state index is -1.13. The minimum absolute atomic E-state index is 0.0166. The molecule has 0 aliphatic carbocycles. The Hall–Kier alpha value is -2.57. The van der Waals surface area contributed by atoms with Crippen molar-refractivity contribution in [1.82, 2.24) is 4.90 Å². The van der Waals surface area contributed by atoms with Crippen molar-refractivity contribution < 1.29 is 29.0 Å². The first-order valence-corrected chi connectivity index (χ1v) is 6.79. The molecule has 0 aromatic heterocycles. The molecular weight excluding hydrogens is 290 g/mol.